The van der Waals surface area contributed by atoms with Gasteiger partial charge in [0.15, 0.2) is 21.4 Å². The highest BCUT2D eigenvalue weighted by molar-refractivity contribution is 7.89. The summed E-state index contributed by atoms with van der Waals surface area (Å²) in [5, 5.41) is 0. The maximum absolute atomic E-state index is 14.2. The van der Waals surface area contributed by atoms with Gasteiger partial charge in [0.1, 0.15) is 11.6 Å². The van der Waals surface area contributed by atoms with E-state index in [-0.39, 0.29) is 28.7 Å². The summed E-state index contributed by atoms with van der Waals surface area (Å²) in [6.07, 6.45) is 2.75. The van der Waals surface area contributed by atoms with Crippen LogP contribution in [0.5, 0.6) is 11.5 Å². The first-order valence-electron chi connectivity index (χ1n) is 9.59. The Hall–Kier alpha value is -3.00. The van der Waals surface area contributed by atoms with Gasteiger partial charge in [0, 0.05) is 42.3 Å². The van der Waals surface area contributed by atoms with Gasteiger partial charge in [0.25, 0.3) is 5.56 Å². The van der Waals surface area contributed by atoms with Crippen molar-refractivity contribution in [2.24, 2.45) is 7.05 Å². The van der Waals surface area contributed by atoms with Crippen LogP contribution in [0.25, 0.3) is 11.1 Å². The average Bonchev–Trinajstić information content (AvgIpc) is 2.65. The Bertz CT molecular complexity index is 1300. The fourth-order valence-corrected chi connectivity index (χ4v) is 4.04. The third-order valence-corrected chi connectivity index (χ3v) is 5.59. The zero-order chi connectivity index (χ0) is 22.9. The number of aromatic nitrogens is 1. The van der Waals surface area contributed by atoms with Crippen LogP contribution in [-0.4, -0.2) is 19.2 Å². The quantitative estimate of drug-likeness (QED) is 0.545. The Balaban J connectivity index is 2.20. The summed E-state index contributed by atoms with van der Waals surface area (Å²) in [6.45, 7) is 3.79. The summed E-state index contributed by atoms with van der Waals surface area (Å²) < 4.78 is 58.2. The van der Waals surface area contributed by atoms with Crippen LogP contribution in [0.2, 0.25) is 0 Å². The topological polar surface area (TPSA) is 65.4 Å². The molecule has 0 bridgehead atoms. The fourth-order valence-electron chi connectivity index (χ4n) is 3.26. The molecule has 1 aromatic heterocycles. The van der Waals surface area contributed by atoms with E-state index in [1.54, 1.807) is 37.5 Å². The number of aryl methyl sites for hydroxylation is 1. The van der Waals surface area contributed by atoms with Crippen LogP contribution in [0, 0.1) is 11.6 Å². The first-order chi connectivity index (χ1) is 14.4. The molecular formula is C23H23F2NO4S. The fraction of sp³-hybridized carbons (Fsp3) is 0.261. The number of rotatable bonds is 6. The minimum Gasteiger partial charge on any atom is -0.454 e. The lowest BCUT2D eigenvalue weighted by atomic mass is 9.98. The molecule has 0 spiro atoms. The molecule has 0 unspecified atom stereocenters. The second kappa shape index (κ2) is 8.63. The number of sulfone groups is 1. The van der Waals surface area contributed by atoms with Crippen molar-refractivity contribution in [1.82, 2.24) is 4.57 Å². The molecular weight excluding hydrogens is 424 g/mol. The van der Waals surface area contributed by atoms with E-state index in [1.807, 2.05) is 13.8 Å². The Kier molecular flexibility index (Phi) is 6.31. The molecule has 3 rings (SSSR count). The molecule has 5 nitrogen and oxygen atoms in total. The minimum absolute atomic E-state index is 0.0447. The van der Waals surface area contributed by atoms with Crippen molar-refractivity contribution in [3.63, 3.8) is 0 Å². The highest BCUT2D eigenvalue weighted by Gasteiger charge is 2.17. The van der Waals surface area contributed by atoms with E-state index in [9.17, 15) is 22.0 Å². The number of ether oxygens (including phenoxy) is 1. The zero-order valence-corrected chi connectivity index (χ0v) is 18.5. The molecule has 0 radical (unpaired) electrons. The third kappa shape index (κ3) is 5.38. The predicted octanol–water partition coefficient (Wildman–Crippen LogP) is 4.79. The van der Waals surface area contributed by atoms with Gasteiger partial charge in [0.05, 0.1) is 5.75 Å². The number of benzene rings is 2. The lowest BCUT2D eigenvalue weighted by molar-refractivity contribution is 0.439. The van der Waals surface area contributed by atoms with Gasteiger partial charge in [-0.15, -0.1) is 0 Å². The number of pyridine rings is 1. The van der Waals surface area contributed by atoms with E-state index < -0.39 is 21.5 Å². The summed E-state index contributed by atoms with van der Waals surface area (Å²) in [6, 6.07) is 9.46. The van der Waals surface area contributed by atoms with Crippen molar-refractivity contribution in [2.45, 2.75) is 25.5 Å². The van der Waals surface area contributed by atoms with Crippen molar-refractivity contribution < 1.29 is 21.9 Å². The van der Waals surface area contributed by atoms with Crippen molar-refractivity contribution in [3.05, 3.63) is 81.8 Å². The van der Waals surface area contributed by atoms with Gasteiger partial charge in [-0.1, -0.05) is 19.9 Å². The van der Waals surface area contributed by atoms with Crippen molar-refractivity contribution in [3.8, 4) is 22.6 Å². The van der Waals surface area contributed by atoms with E-state index in [0.29, 0.717) is 22.3 Å². The van der Waals surface area contributed by atoms with Gasteiger partial charge in [-0.25, -0.2) is 17.2 Å². The Morgan fingerprint density at radius 2 is 1.71 bits per heavy atom. The van der Waals surface area contributed by atoms with Crippen molar-refractivity contribution in [2.75, 3.05) is 6.26 Å². The molecule has 1 heterocycles. The van der Waals surface area contributed by atoms with Gasteiger partial charge in [-0.2, -0.15) is 0 Å². The van der Waals surface area contributed by atoms with Crippen molar-refractivity contribution in [1.29, 1.82) is 0 Å². The second-order valence-electron chi connectivity index (χ2n) is 7.83. The summed E-state index contributed by atoms with van der Waals surface area (Å²) in [5.74, 6) is -1.75. The number of hydrogen-bond donors (Lipinski definition) is 0. The highest BCUT2D eigenvalue weighted by atomic mass is 32.2. The lowest BCUT2D eigenvalue weighted by Crippen LogP contribution is -2.21. The molecule has 0 saturated heterocycles. The summed E-state index contributed by atoms with van der Waals surface area (Å²) in [5.41, 5.74) is 2.05. The normalized spacial score (nSPS) is 11.7. The standard InChI is InChI=1S/C23H23F2NO4S/c1-14(2)18-10-16(12-26(3)23(18)27)19-9-15(13-31(4,28)29)5-7-21(19)30-22-8-6-17(24)11-20(22)25/h5-12,14H,13H2,1-4H3. The molecule has 0 aliphatic carbocycles. The van der Waals surface area contributed by atoms with Crippen LogP contribution in [-0.2, 0) is 22.6 Å². The van der Waals surface area contributed by atoms with Crippen LogP contribution in [0.3, 0.4) is 0 Å². The largest absolute Gasteiger partial charge is 0.454 e. The molecule has 0 N–H and O–H groups in total. The van der Waals surface area contributed by atoms with E-state index in [4.69, 9.17) is 4.74 Å². The number of halogens is 2. The summed E-state index contributed by atoms with van der Waals surface area (Å²) >= 11 is 0. The number of hydrogen-bond acceptors (Lipinski definition) is 4. The molecule has 2 aromatic carbocycles. The molecule has 0 fully saturated rings. The molecule has 8 heteroatoms. The van der Waals surface area contributed by atoms with E-state index >= 15 is 0 Å². The summed E-state index contributed by atoms with van der Waals surface area (Å²) in [4.78, 5) is 12.5. The van der Waals surface area contributed by atoms with Gasteiger partial charge in [-0.05, 0) is 41.8 Å². The maximum atomic E-state index is 14.2. The van der Waals surface area contributed by atoms with Crippen molar-refractivity contribution >= 4 is 9.84 Å². The molecule has 164 valence electrons. The summed E-state index contributed by atoms with van der Waals surface area (Å²) in [7, 11) is -1.67. The Morgan fingerprint density at radius 1 is 1.03 bits per heavy atom. The minimum atomic E-state index is -3.29. The smallest absolute Gasteiger partial charge is 0.253 e. The van der Waals surface area contributed by atoms with Crippen LogP contribution in [0.15, 0.2) is 53.5 Å². The van der Waals surface area contributed by atoms with Gasteiger partial charge >= 0.3 is 0 Å². The molecule has 0 atom stereocenters. The molecule has 0 saturated carbocycles. The molecule has 0 aliphatic rings. The van der Waals surface area contributed by atoms with Crippen LogP contribution in [0.1, 0.15) is 30.9 Å². The van der Waals surface area contributed by atoms with Gasteiger partial charge in [0.2, 0.25) is 0 Å². The van der Waals surface area contributed by atoms with Crippen LogP contribution < -0.4 is 10.3 Å². The molecule has 31 heavy (non-hydrogen) atoms. The lowest BCUT2D eigenvalue weighted by Gasteiger charge is -2.16. The first-order valence-corrected chi connectivity index (χ1v) is 11.6. The van der Waals surface area contributed by atoms with E-state index in [2.05, 4.69) is 0 Å². The van der Waals surface area contributed by atoms with Gasteiger partial charge < -0.3 is 9.30 Å². The first kappa shape index (κ1) is 22.7. The predicted molar refractivity (Wildman–Crippen MR) is 116 cm³/mol. The van der Waals surface area contributed by atoms with E-state index in [0.717, 1.165) is 18.4 Å². The molecule has 3 aromatic rings. The SMILES string of the molecule is CC(C)c1cc(-c2cc(CS(C)(=O)=O)ccc2Oc2ccc(F)cc2F)cn(C)c1=O. The highest BCUT2D eigenvalue weighted by Crippen LogP contribution is 2.36. The second-order valence-corrected chi connectivity index (χ2v) is 9.97. The number of nitrogens with zero attached hydrogens (tertiary/aromatic N) is 1. The Morgan fingerprint density at radius 3 is 2.32 bits per heavy atom. The average molecular weight is 448 g/mol. The molecule has 0 aliphatic heterocycles. The van der Waals surface area contributed by atoms with Crippen LogP contribution >= 0.6 is 0 Å². The van der Waals surface area contributed by atoms with Crippen LogP contribution in [0.4, 0.5) is 8.78 Å². The maximum Gasteiger partial charge on any atom is 0.253 e. The molecule has 0 amide bonds. The third-order valence-electron chi connectivity index (χ3n) is 4.73. The zero-order valence-electron chi connectivity index (χ0n) is 17.6. The van der Waals surface area contributed by atoms with E-state index in [1.165, 1.54) is 10.6 Å². The Labute approximate surface area is 179 Å². The van der Waals surface area contributed by atoms with Gasteiger partial charge in [-0.3, -0.25) is 4.79 Å². The monoisotopic (exact) mass is 447 g/mol.